The quantitative estimate of drug-likeness (QED) is 0.0321. The van der Waals surface area contributed by atoms with Gasteiger partial charge in [-0.2, -0.15) is 0 Å². The van der Waals surface area contributed by atoms with Gasteiger partial charge >= 0.3 is 5.97 Å². The van der Waals surface area contributed by atoms with Crippen LogP contribution in [-0.2, 0) is 14.3 Å². The Kier molecular flexibility index (Phi) is 51.1. The van der Waals surface area contributed by atoms with Crippen molar-refractivity contribution in [2.24, 2.45) is 0 Å². The second-order valence-corrected chi connectivity index (χ2v) is 18.9. The molecule has 0 saturated heterocycles. The van der Waals surface area contributed by atoms with Crippen LogP contribution in [0.1, 0.15) is 290 Å². The number of carbonyl (C=O) groups is 2. The first-order valence-electron chi connectivity index (χ1n) is 27.8. The molecule has 0 aromatic carbocycles. The Bertz CT molecular complexity index is 1020. The summed E-state index contributed by atoms with van der Waals surface area (Å²) in [5, 5.41) is 22.9. The molecule has 0 rings (SSSR count). The molecule has 0 aliphatic rings. The summed E-state index contributed by atoms with van der Waals surface area (Å²) < 4.78 is 5.48. The van der Waals surface area contributed by atoms with Crippen molar-refractivity contribution in [3.63, 3.8) is 0 Å². The van der Waals surface area contributed by atoms with Crippen molar-refractivity contribution in [3.05, 3.63) is 36.5 Å². The summed E-state index contributed by atoms with van der Waals surface area (Å²) in [6, 6.07) is -0.636. The Morgan fingerprint density at radius 3 is 1.13 bits per heavy atom. The summed E-state index contributed by atoms with van der Waals surface area (Å²) in [7, 11) is 0. The Labute approximate surface area is 392 Å². The molecule has 0 radical (unpaired) electrons. The second-order valence-electron chi connectivity index (χ2n) is 18.9. The zero-order valence-corrected chi connectivity index (χ0v) is 42.1. The van der Waals surface area contributed by atoms with Gasteiger partial charge in [0.2, 0.25) is 5.91 Å². The molecular weight excluding hydrogens is 779 g/mol. The summed E-state index contributed by atoms with van der Waals surface area (Å²) in [6.45, 7) is 4.86. The predicted octanol–water partition coefficient (Wildman–Crippen LogP) is 16.9. The number of esters is 1. The maximum atomic E-state index is 12.4. The fourth-order valence-corrected chi connectivity index (χ4v) is 8.33. The molecule has 2 atom stereocenters. The van der Waals surface area contributed by atoms with Crippen LogP contribution in [0.15, 0.2) is 36.5 Å². The number of aliphatic hydroxyl groups excluding tert-OH is 2. The molecule has 0 aliphatic heterocycles. The van der Waals surface area contributed by atoms with Crippen molar-refractivity contribution in [3.8, 4) is 0 Å². The molecule has 1 amide bonds. The minimum atomic E-state index is -0.851. The van der Waals surface area contributed by atoms with Gasteiger partial charge in [0.1, 0.15) is 0 Å². The van der Waals surface area contributed by atoms with Crippen LogP contribution < -0.4 is 5.32 Å². The first-order chi connectivity index (χ1) is 31.0. The molecule has 0 fully saturated rings. The van der Waals surface area contributed by atoms with E-state index >= 15 is 0 Å². The number of hydrogen-bond donors (Lipinski definition) is 3. The number of ether oxygens (including phenoxy) is 1. The van der Waals surface area contributed by atoms with Crippen molar-refractivity contribution < 1.29 is 24.5 Å². The third-order valence-corrected chi connectivity index (χ3v) is 12.6. The van der Waals surface area contributed by atoms with Crippen LogP contribution in [0.25, 0.3) is 0 Å². The molecule has 0 spiro atoms. The van der Waals surface area contributed by atoms with Crippen molar-refractivity contribution in [2.45, 2.75) is 302 Å². The van der Waals surface area contributed by atoms with Gasteiger partial charge < -0.3 is 20.3 Å². The standard InChI is InChI=1S/C57H107NO5/c1-3-5-7-9-11-13-15-16-17-18-22-25-28-31-35-39-43-47-51-57(62)63-52-48-44-40-36-32-29-26-23-20-19-21-24-27-30-34-38-42-46-50-56(61)58-54(53-59)55(60)49-45-41-37-33-14-12-10-8-6-4-2/h17-18,21,24,45,49,54-55,59-60H,3-16,19-20,22-23,25-44,46-48,50-53H2,1-2H3,(H,58,61)/b18-17-,24-21-,49-45+. The largest absolute Gasteiger partial charge is 0.466 e. The lowest BCUT2D eigenvalue weighted by atomic mass is 10.1. The molecule has 2 unspecified atom stereocenters. The summed E-state index contributed by atoms with van der Waals surface area (Å²) >= 11 is 0. The van der Waals surface area contributed by atoms with E-state index in [9.17, 15) is 19.8 Å². The monoisotopic (exact) mass is 886 g/mol. The molecule has 0 bridgehead atoms. The van der Waals surface area contributed by atoms with Crippen molar-refractivity contribution >= 4 is 11.9 Å². The van der Waals surface area contributed by atoms with Crippen LogP contribution in [0, 0.1) is 0 Å². The van der Waals surface area contributed by atoms with Crippen LogP contribution in [0.4, 0.5) is 0 Å². The fraction of sp³-hybridized carbons (Fsp3) is 0.860. The average Bonchev–Trinajstić information content (AvgIpc) is 3.28. The molecule has 0 saturated carbocycles. The van der Waals surface area contributed by atoms with Crippen LogP contribution >= 0.6 is 0 Å². The van der Waals surface area contributed by atoms with Crippen LogP contribution in [0.5, 0.6) is 0 Å². The highest BCUT2D eigenvalue weighted by atomic mass is 16.5. The third kappa shape index (κ3) is 49.4. The van der Waals surface area contributed by atoms with Gasteiger partial charge in [0.15, 0.2) is 0 Å². The van der Waals surface area contributed by atoms with E-state index in [1.54, 1.807) is 6.08 Å². The number of nitrogens with one attached hydrogen (secondary N) is 1. The Morgan fingerprint density at radius 2 is 0.746 bits per heavy atom. The molecule has 3 N–H and O–H groups in total. The van der Waals surface area contributed by atoms with E-state index in [1.807, 2.05) is 6.08 Å². The van der Waals surface area contributed by atoms with Crippen LogP contribution in [0.2, 0.25) is 0 Å². The summed E-state index contributed by atoms with van der Waals surface area (Å²) in [6.07, 6.45) is 64.5. The summed E-state index contributed by atoms with van der Waals surface area (Å²) in [5.41, 5.74) is 0. The molecule has 0 aliphatic carbocycles. The van der Waals surface area contributed by atoms with E-state index in [2.05, 4.69) is 43.5 Å². The maximum Gasteiger partial charge on any atom is 0.305 e. The Balaban J connectivity index is 3.44. The number of carbonyl (C=O) groups excluding carboxylic acids is 2. The molecule has 63 heavy (non-hydrogen) atoms. The summed E-state index contributed by atoms with van der Waals surface area (Å²) in [4.78, 5) is 24.4. The van der Waals surface area contributed by atoms with Gasteiger partial charge in [-0.25, -0.2) is 0 Å². The zero-order chi connectivity index (χ0) is 45.8. The second kappa shape index (κ2) is 52.7. The number of allylic oxidation sites excluding steroid dienone is 5. The topological polar surface area (TPSA) is 95.9 Å². The lowest BCUT2D eigenvalue weighted by Gasteiger charge is -2.20. The number of amides is 1. The average molecular weight is 886 g/mol. The Morgan fingerprint density at radius 1 is 0.429 bits per heavy atom. The van der Waals surface area contributed by atoms with E-state index in [0.717, 1.165) is 57.8 Å². The zero-order valence-electron chi connectivity index (χ0n) is 42.1. The van der Waals surface area contributed by atoms with E-state index in [4.69, 9.17) is 4.74 Å². The lowest BCUT2D eigenvalue weighted by Crippen LogP contribution is -2.45. The number of unbranched alkanes of at least 4 members (excludes halogenated alkanes) is 36. The smallest absolute Gasteiger partial charge is 0.305 e. The van der Waals surface area contributed by atoms with Gasteiger partial charge in [-0.3, -0.25) is 9.59 Å². The minimum absolute atomic E-state index is 0.00139. The highest BCUT2D eigenvalue weighted by molar-refractivity contribution is 5.76. The fourth-order valence-electron chi connectivity index (χ4n) is 8.33. The predicted molar refractivity (Wildman–Crippen MR) is 273 cm³/mol. The van der Waals surface area contributed by atoms with E-state index in [0.29, 0.717) is 19.4 Å². The molecule has 0 aromatic heterocycles. The van der Waals surface area contributed by atoms with Gasteiger partial charge in [-0.1, -0.05) is 230 Å². The first-order valence-corrected chi connectivity index (χ1v) is 27.8. The molecule has 370 valence electrons. The van der Waals surface area contributed by atoms with Gasteiger partial charge in [-0.15, -0.1) is 0 Å². The highest BCUT2D eigenvalue weighted by Gasteiger charge is 2.18. The minimum Gasteiger partial charge on any atom is -0.466 e. The van der Waals surface area contributed by atoms with Crippen LogP contribution in [-0.4, -0.2) is 47.4 Å². The van der Waals surface area contributed by atoms with Crippen molar-refractivity contribution in [1.29, 1.82) is 0 Å². The van der Waals surface area contributed by atoms with Gasteiger partial charge in [0.25, 0.3) is 0 Å². The van der Waals surface area contributed by atoms with Gasteiger partial charge in [-0.05, 0) is 83.5 Å². The molecule has 6 heteroatoms. The molecular formula is C57H107NO5. The SMILES string of the molecule is CCCCCCCCC/C=C\CCCCCCCCCC(=O)OCCCCCCCCCCC/C=C\CCCCCCCC(=O)NC(CO)C(O)/C=C/CCCCCCCCCC. The normalized spacial score (nSPS) is 12.9. The molecule has 0 heterocycles. The van der Waals surface area contributed by atoms with E-state index in [-0.39, 0.29) is 18.5 Å². The number of rotatable bonds is 51. The van der Waals surface area contributed by atoms with Crippen molar-refractivity contribution in [2.75, 3.05) is 13.2 Å². The van der Waals surface area contributed by atoms with Gasteiger partial charge in [0, 0.05) is 12.8 Å². The third-order valence-electron chi connectivity index (χ3n) is 12.6. The van der Waals surface area contributed by atoms with Crippen molar-refractivity contribution in [1.82, 2.24) is 5.32 Å². The highest BCUT2D eigenvalue weighted by Crippen LogP contribution is 2.15. The van der Waals surface area contributed by atoms with E-state index in [1.165, 1.54) is 205 Å². The summed E-state index contributed by atoms with van der Waals surface area (Å²) in [5.74, 6) is -0.0862. The first kappa shape index (κ1) is 61.1. The molecule has 6 nitrogen and oxygen atoms in total. The lowest BCUT2D eigenvalue weighted by molar-refractivity contribution is -0.143. The maximum absolute atomic E-state index is 12.4. The Hall–Kier alpha value is -1.92. The number of hydrogen-bond acceptors (Lipinski definition) is 5. The van der Waals surface area contributed by atoms with Crippen LogP contribution in [0.3, 0.4) is 0 Å². The molecule has 0 aromatic rings. The van der Waals surface area contributed by atoms with E-state index < -0.39 is 12.1 Å². The van der Waals surface area contributed by atoms with Gasteiger partial charge in [0.05, 0.1) is 25.4 Å². The number of aliphatic hydroxyl groups is 2.